The van der Waals surface area contributed by atoms with Crippen molar-refractivity contribution in [2.45, 2.75) is 114 Å². The summed E-state index contributed by atoms with van der Waals surface area (Å²) in [6.07, 6.45) is 14.6. The van der Waals surface area contributed by atoms with Crippen LogP contribution in [0.15, 0.2) is 29.1 Å². The van der Waals surface area contributed by atoms with Crippen molar-refractivity contribution in [3.8, 4) is 0 Å². The summed E-state index contributed by atoms with van der Waals surface area (Å²) in [5, 5.41) is 9.79. The second kappa shape index (κ2) is 9.34. The van der Waals surface area contributed by atoms with Crippen LogP contribution >= 0.6 is 0 Å². The Morgan fingerprint density at radius 2 is 1.60 bits per heavy atom. The quantitative estimate of drug-likeness (QED) is 0.615. The van der Waals surface area contributed by atoms with Crippen molar-refractivity contribution in [2.75, 3.05) is 0 Å². The summed E-state index contributed by atoms with van der Waals surface area (Å²) in [4.78, 5) is 33.2. The summed E-state index contributed by atoms with van der Waals surface area (Å²) in [7, 11) is 0. The van der Waals surface area contributed by atoms with Crippen LogP contribution < -0.4 is 5.56 Å². The highest BCUT2D eigenvalue weighted by atomic mass is 16.4. The summed E-state index contributed by atoms with van der Waals surface area (Å²) in [5.74, 6) is -0.00212. The molecule has 35 heavy (non-hydrogen) atoms. The number of hydrogen-bond acceptors (Lipinski definition) is 4. The lowest BCUT2D eigenvalue weighted by molar-refractivity contribution is -0.139. The van der Waals surface area contributed by atoms with Crippen molar-refractivity contribution in [1.29, 1.82) is 0 Å². The Kier molecular flexibility index (Phi) is 6.20. The van der Waals surface area contributed by atoms with Gasteiger partial charge in [-0.25, -0.2) is 4.98 Å². The topological polar surface area (TPSA) is 75.4 Å². The van der Waals surface area contributed by atoms with Crippen LogP contribution in [0.25, 0.3) is 11.0 Å². The average molecular weight is 478 g/mol. The summed E-state index contributed by atoms with van der Waals surface area (Å²) in [6, 6.07) is 9.67. The number of rotatable bonds is 5. The van der Waals surface area contributed by atoms with Crippen LogP contribution in [-0.4, -0.2) is 43.7 Å². The van der Waals surface area contributed by atoms with E-state index in [1.807, 2.05) is 35.8 Å². The molecule has 2 aliphatic heterocycles. The molecule has 0 spiro atoms. The van der Waals surface area contributed by atoms with E-state index in [9.17, 15) is 14.7 Å². The Labute approximate surface area is 207 Å². The third-order valence-electron chi connectivity index (χ3n) is 9.76. The van der Waals surface area contributed by atoms with E-state index < -0.39 is 11.9 Å². The highest BCUT2D eigenvalue weighted by Gasteiger charge is 2.47. The first-order valence-electron chi connectivity index (χ1n) is 14.0. The molecule has 6 heteroatoms. The van der Waals surface area contributed by atoms with Gasteiger partial charge in [0.1, 0.15) is 11.6 Å². The molecule has 2 saturated heterocycles. The molecule has 2 aliphatic carbocycles. The van der Waals surface area contributed by atoms with Gasteiger partial charge in [-0.15, -0.1) is 0 Å². The first-order valence-corrected chi connectivity index (χ1v) is 14.0. The van der Waals surface area contributed by atoms with Gasteiger partial charge in [0, 0.05) is 24.2 Å². The van der Waals surface area contributed by atoms with Gasteiger partial charge in [0.15, 0.2) is 0 Å². The standard InChI is InChI=1S/C29H39N3O3/c1-2-24(29(34)35)27-28(33)32(26-10-6-5-9-25(26)30-27)23-16-20-11-12-21(17-23)31(20)22-14-18-7-3-4-8-19(13-18)15-22/h5-6,9-10,18-24H,2-4,7-8,11-17H2,1H3,(H,34,35)/t18?,19?,20-,21?,22?,23?,24?/m1/s1. The molecule has 1 N–H and O–H groups in total. The monoisotopic (exact) mass is 477 g/mol. The third kappa shape index (κ3) is 4.12. The van der Waals surface area contributed by atoms with Gasteiger partial charge in [0.25, 0.3) is 5.56 Å². The number of nitrogens with zero attached hydrogens (tertiary/aromatic N) is 3. The van der Waals surface area contributed by atoms with E-state index in [4.69, 9.17) is 0 Å². The fourth-order valence-electron chi connectivity index (χ4n) is 8.35. The van der Waals surface area contributed by atoms with E-state index in [1.165, 1.54) is 57.8 Å². The molecule has 4 bridgehead atoms. The molecule has 5 unspecified atom stereocenters. The number of carbonyl (C=O) groups is 1. The van der Waals surface area contributed by atoms with Crippen molar-refractivity contribution >= 4 is 17.0 Å². The Morgan fingerprint density at radius 3 is 2.23 bits per heavy atom. The van der Waals surface area contributed by atoms with Gasteiger partial charge in [-0.2, -0.15) is 0 Å². The minimum absolute atomic E-state index is 0.111. The van der Waals surface area contributed by atoms with E-state index in [2.05, 4.69) is 9.88 Å². The fraction of sp³-hybridized carbons (Fsp3) is 0.690. The van der Waals surface area contributed by atoms with Crippen LogP contribution in [0.4, 0.5) is 0 Å². The zero-order valence-corrected chi connectivity index (χ0v) is 20.9. The molecule has 1 aromatic heterocycles. The number of aliphatic carboxylic acids is 1. The van der Waals surface area contributed by atoms with Gasteiger partial charge in [-0.3, -0.25) is 14.5 Å². The van der Waals surface area contributed by atoms with E-state index in [0.29, 0.717) is 24.5 Å². The predicted octanol–water partition coefficient (Wildman–Crippen LogP) is 5.50. The second-order valence-corrected chi connectivity index (χ2v) is 11.8. The predicted molar refractivity (Wildman–Crippen MR) is 137 cm³/mol. The van der Waals surface area contributed by atoms with Gasteiger partial charge in [-0.1, -0.05) is 44.7 Å². The molecule has 0 radical (unpaired) electrons. The van der Waals surface area contributed by atoms with E-state index in [-0.39, 0.29) is 17.3 Å². The number of hydrogen-bond donors (Lipinski definition) is 1. The molecular formula is C29H39N3O3. The molecule has 6 nitrogen and oxygen atoms in total. The fourth-order valence-corrected chi connectivity index (χ4v) is 8.35. The zero-order chi connectivity index (χ0) is 24.1. The number of benzene rings is 1. The molecule has 6 atom stereocenters. The van der Waals surface area contributed by atoms with Gasteiger partial charge in [0.05, 0.1) is 11.0 Å². The first kappa shape index (κ1) is 23.2. The molecule has 4 aliphatic rings. The molecule has 4 fully saturated rings. The maximum Gasteiger partial charge on any atom is 0.312 e. The largest absolute Gasteiger partial charge is 0.481 e. The van der Waals surface area contributed by atoms with Crippen molar-refractivity contribution in [2.24, 2.45) is 11.8 Å². The molecule has 1 aromatic carbocycles. The number of aromatic nitrogens is 2. The average Bonchev–Trinajstić information content (AvgIpc) is 3.00. The molecule has 0 amide bonds. The summed E-state index contributed by atoms with van der Waals surface area (Å²) >= 11 is 0. The highest BCUT2D eigenvalue weighted by Crippen LogP contribution is 2.48. The van der Waals surface area contributed by atoms with Gasteiger partial charge in [-0.05, 0) is 75.3 Å². The molecule has 2 aromatic rings. The lowest BCUT2D eigenvalue weighted by Crippen LogP contribution is -2.52. The Morgan fingerprint density at radius 1 is 0.943 bits per heavy atom. The lowest BCUT2D eigenvalue weighted by Gasteiger charge is -2.48. The van der Waals surface area contributed by atoms with Crippen LogP contribution in [0.3, 0.4) is 0 Å². The van der Waals surface area contributed by atoms with Crippen molar-refractivity contribution in [3.63, 3.8) is 0 Å². The van der Waals surface area contributed by atoms with Gasteiger partial charge >= 0.3 is 5.97 Å². The zero-order valence-electron chi connectivity index (χ0n) is 20.9. The number of para-hydroxylation sites is 2. The Bertz CT molecular complexity index is 1130. The minimum atomic E-state index is -0.965. The van der Waals surface area contributed by atoms with E-state index in [0.717, 1.165) is 35.7 Å². The highest BCUT2D eigenvalue weighted by molar-refractivity contribution is 5.78. The lowest BCUT2D eigenvalue weighted by atomic mass is 9.76. The van der Waals surface area contributed by atoms with E-state index in [1.54, 1.807) is 0 Å². The maximum absolute atomic E-state index is 13.8. The smallest absolute Gasteiger partial charge is 0.312 e. The number of carboxylic acid groups (broad SMARTS) is 1. The molecule has 2 saturated carbocycles. The molecule has 3 heterocycles. The second-order valence-electron chi connectivity index (χ2n) is 11.8. The summed E-state index contributed by atoms with van der Waals surface area (Å²) < 4.78 is 1.94. The number of carboxylic acids is 1. The Balaban J connectivity index is 1.33. The van der Waals surface area contributed by atoms with Crippen LogP contribution in [0.2, 0.25) is 0 Å². The normalized spacial score (nSPS) is 34.0. The molecule has 188 valence electrons. The first-order chi connectivity index (χ1) is 17.0. The third-order valence-corrected chi connectivity index (χ3v) is 9.76. The SMILES string of the molecule is CCC(C(=O)O)c1nc2ccccc2n(C2CC3CC[C@H](C2)N3C2CC3CCCCC(C3)C2)c1=O. The van der Waals surface area contributed by atoms with Crippen LogP contribution in [-0.2, 0) is 4.79 Å². The van der Waals surface area contributed by atoms with Gasteiger partial charge < -0.3 is 9.67 Å². The van der Waals surface area contributed by atoms with Crippen molar-refractivity contribution in [1.82, 2.24) is 14.5 Å². The van der Waals surface area contributed by atoms with E-state index >= 15 is 0 Å². The summed E-state index contributed by atoms with van der Waals surface area (Å²) in [5.41, 5.74) is 1.58. The van der Waals surface area contributed by atoms with Gasteiger partial charge in [0.2, 0.25) is 0 Å². The summed E-state index contributed by atoms with van der Waals surface area (Å²) in [6.45, 7) is 1.82. The number of fused-ring (bicyclic) bond motifs is 5. The molecular weight excluding hydrogens is 438 g/mol. The van der Waals surface area contributed by atoms with Crippen LogP contribution in [0.5, 0.6) is 0 Å². The minimum Gasteiger partial charge on any atom is -0.481 e. The van der Waals surface area contributed by atoms with Crippen LogP contribution in [0, 0.1) is 11.8 Å². The number of piperidine rings is 1. The molecule has 6 rings (SSSR count). The Hall–Kier alpha value is -2.21. The maximum atomic E-state index is 13.8. The van der Waals surface area contributed by atoms with Crippen LogP contribution in [0.1, 0.15) is 102 Å². The van der Waals surface area contributed by atoms with Crippen molar-refractivity contribution in [3.05, 3.63) is 40.3 Å². The van der Waals surface area contributed by atoms with Crippen molar-refractivity contribution < 1.29 is 9.90 Å².